The van der Waals surface area contributed by atoms with Crippen LogP contribution in [0.3, 0.4) is 0 Å². The van der Waals surface area contributed by atoms with Crippen LogP contribution in [0.2, 0.25) is 0 Å². The molecule has 8 nitrogen and oxygen atoms in total. The van der Waals surface area contributed by atoms with Crippen LogP contribution in [0.4, 0.5) is 20.2 Å². The van der Waals surface area contributed by atoms with Crippen molar-refractivity contribution in [2.75, 3.05) is 37.4 Å². The average molecular weight is 629 g/mol. The Balaban J connectivity index is 1.10. The quantitative estimate of drug-likeness (QED) is 0.125. The molecule has 0 atom stereocenters. The molecule has 0 unspecified atom stereocenters. The number of nitrogens with one attached hydrogen (secondary N) is 2. The van der Waals surface area contributed by atoms with Crippen LogP contribution in [-0.4, -0.2) is 48.4 Å². The van der Waals surface area contributed by atoms with Crippen molar-refractivity contribution < 1.29 is 27.8 Å². The van der Waals surface area contributed by atoms with Gasteiger partial charge >= 0.3 is 0 Å². The highest BCUT2D eigenvalue weighted by Gasteiger charge is 2.56. The Hall–Kier alpha value is -4.57. The molecule has 2 aliphatic rings. The Morgan fingerprint density at radius 3 is 2.26 bits per heavy atom. The summed E-state index contributed by atoms with van der Waals surface area (Å²) in [5, 5.41) is 6.01. The maximum absolute atomic E-state index is 15.3. The molecule has 1 aliphatic heterocycles. The van der Waals surface area contributed by atoms with Crippen LogP contribution in [0.1, 0.15) is 50.5 Å². The molecule has 1 saturated heterocycles. The summed E-state index contributed by atoms with van der Waals surface area (Å²) in [7, 11) is 1.64. The number of rotatable bonds is 12. The van der Waals surface area contributed by atoms with E-state index in [0.29, 0.717) is 29.7 Å². The predicted molar refractivity (Wildman–Crippen MR) is 173 cm³/mol. The lowest BCUT2D eigenvalue weighted by Gasteiger charge is -2.26. The lowest BCUT2D eigenvalue weighted by Crippen LogP contribution is -2.35. The Morgan fingerprint density at radius 1 is 0.848 bits per heavy atom. The number of hydrogen-bond donors (Lipinski definition) is 2. The second kappa shape index (κ2) is 13.8. The van der Waals surface area contributed by atoms with Crippen LogP contribution >= 0.6 is 0 Å². The fraction of sp³-hybridized carbons (Fsp3) is 0.361. The summed E-state index contributed by atoms with van der Waals surface area (Å²) >= 11 is 0. The molecule has 2 N–H and O–H groups in total. The van der Waals surface area contributed by atoms with E-state index in [-0.39, 0.29) is 11.4 Å². The van der Waals surface area contributed by atoms with Crippen LogP contribution in [0, 0.1) is 17.0 Å². The average Bonchev–Trinajstić information content (AvgIpc) is 3.88. The van der Waals surface area contributed by atoms with Gasteiger partial charge in [-0.05, 0) is 125 Å². The summed E-state index contributed by atoms with van der Waals surface area (Å²) in [6.45, 7) is 3.51. The van der Waals surface area contributed by atoms with Crippen molar-refractivity contribution in [3.05, 3.63) is 84.1 Å². The lowest BCUT2D eigenvalue weighted by atomic mass is 10.0. The third-order valence-electron chi connectivity index (χ3n) is 8.85. The van der Waals surface area contributed by atoms with E-state index >= 15 is 4.39 Å². The SMILES string of the molecule is COc1cc2c(Oc3ccc(NC(=O)C4(C(=O)Nc5ccc(F)cc5)CC4)cc3F)ccnc2cc1CCCCN1CCCCC1. The van der Waals surface area contributed by atoms with Gasteiger partial charge in [-0.3, -0.25) is 14.6 Å². The van der Waals surface area contributed by atoms with E-state index in [0.717, 1.165) is 48.7 Å². The number of aromatic nitrogens is 1. The first-order valence-electron chi connectivity index (χ1n) is 15.9. The van der Waals surface area contributed by atoms with E-state index in [2.05, 4.69) is 20.5 Å². The van der Waals surface area contributed by atoms with E-state index in [1.54, 1.807) is 19.4 Å². The number of piperidine rings is 1. The molecule has 240 valence electrons. The number of hydrogen-bond acceptors (Lipinski definition) is 6. The summed E-state index contributed by atoms with van der Waals surface area (Å²) in [6.07, 6.45) is 9.30. The third-order valence-corrected chi connectivity index (χ3v) is 8.85. The monoisotopic (exact) mass is 628 g/mol. The van der Waals surface area contributed by atoms with E-state index in [9.17, 15) is 14.0 Å². The summed E-state index contributed by atoms with van der Waals surface area (Å²) in [6, 6.07) is 15.0. The summed E-state index contributed by atoms with van der Waals surface area (Å²) < 4.78 is 40.2. The maximum atomic E-state index is 15.3. The number of nitrogens with zero attached hydrogens (tertiary/aromatic N) is 2. The highest BCUT2D eigenvalue weighted by molar-refractivity contribution is 6.16. The minimum absolute atomic E-state index is 0.0264. The topological polar surface area (TPSA) is 92.8 Å². The van der Waals surface area contributed by atoms with Crippen molar-refractivity contribution in [1.29, 1.82) is 0 Å². The first kappa shape index (κ1) is 31.4. The molecule has 0 radical (unpaired) electrons. The zero-order valence-corrected chi connectivity index (χ0v) is 25.9. The number of halogens is 2. The van der Waals surface area contributed by atoms with Gasteiger partial charge in [0.05, 0.1) is 12.6 Å². The van der Waals surface area contributed by atoms with Gasteiger partial charge in [0.15, 0.2) is 11.6 Å². The largest absolute Gasteiger partial charge is 0.496 e. The molecule has 3 aromatic carbocycles. The lowest BCUT2D eigenvalue weighted by molar-refractivity contribution is -0.131. The molecule has 1 aromatic heterocycles. The van der Waals surface area contributed by atoms with Gasteiger partial charge in [0.1, 0.15) is 22.7 Å². The molecule has 4 aromatic rings. The summed E-state index contributed by atoms with van der Waals surface area (Å²) in [5.41, 5.74) is 1.12. The molecule has 10 heteroatoms. The number of methoxy groups -OCH3 is 1. The number of fused-ring (bicyclic) bond motifs is 1. The number of aryl methyl sites for hydroxylation is 1. The van der Waals surface area contributed by atoms with Crippen molar-refractivity contribution in [1.82, 2.24) is 9.88 Å². The number of anilines is 2. The predicted octanol–water partition coefficient (Wildman–Crippen LogP) is 7.48. The van der Waals surface area contributed by atoms with Crippen molar-refractivity contribution in [3.63, 3.8) is 0 Å². The molecule has 0 bridgehead atoms. The highest BCUT2D eigenvalue weighted by Crippen LogP contribution is 2.47. The number of pyridine rings is 1. The second-order valence-electron chi connectivity index (χ2n) is 12.1. The molecule has 2 amide bonds. The molecule has 46 heavy (non-hydrogen) atoms. The molecule has 2 fully saturated rings. The number of unbranched alkanes of at least 4 members (excludes halogenated alkanes) is 1. The zero-order valence-electron chi connectivity index (χ0n) is 25.9. The van der Waals surface area contributed by atoms with Gasteiger partial charge in [0, 0.05) is 29.0 Å². The Morgan fingerprint density at radius 2 is 1.57 bits per heavy atom. The van der Waals surface area contributed by atoms with Gasteiger partial charge in [0.25, 0.3) is 0 Å². The van der Waals surface area contributed by atoms with Crippen LogP contribution in [-0.2, 0) is 16.0 Å². The van der Waals surface area contributed by atoms with Gasteiger partial charge in [-0.25, -0.2) is 8.78 Å². The first-order chi connectivity index (χ1) is 22.3. The molecule has 6 rings (SSSR count). The number of amides is 2. The smallest absolute Gasteiger partial charge is 0.240 e. The molecule has 2 heterocycles. The Kier molecular flexibility index (Phi) is 9.44. The number of likely N-dealkylation sites (tertiary alicyclic amines) is 1. The van der Waals surface area contributed by atoms with Crippen LogP contribution in [0.5, 0.6) is 17.2 Å². The molecule has 1 aliphatic carbocycles. The summed E-state index contributed by atoms with van der Waals surface area (Å²) in [4.78, 5) is 33.0. The second-order valence-corrected chi connectivity index (χ2v) is 12.1. The van der Waals surface area contributed by atoms with Gasteiger partial charge < -0.3 is 25.0 Å². The van der Waals surface area contributed by atoms with Crippen molar-refractivity contribution in [2.45, 2.75) is 51.4 Å². The normalized spacial score (nSPS) is 15.7. The van der Waals surface area contributed by atoms with Gasteiger partial charge in [0.2, 0.25) is 11.8 Å². The minimum atomic E-state index is -1.26. The third kappa shape index (κ3) is 7.12. The van der Waals surface area contributed by atoms with Crippen LogP contribution < -0.4 is 20.1 Å². The molecule has 0 spiro atoms. The minimum Gasteiger partial charge on any atom is -0.496 e. The zero-order chi connectivity index (χ0) is 32.1. The van der Waals surface area contributed by atoms with Crippen molar-refractivity contribution in [2.24, 2.45) is 5.41 Å². The number of carbonyl (C=O) groups is 2. The molecular formula is C36H38F2N4O4. The fourth-order valence-electron chi connectivity index (χ4n) is 6.00. The van der Waals surface area contributed by atoms with E-state index in [1.165, 1.54) is 68.8 Å². The van der Waals surface area contributed by atoms with E-state index in [4.69, 9.17) is 9.47 Å². The van der Waals surface area contributed by atoms with E-state index in [1.807, 2.05) is 12.1 Å². The number of ether oxygens (including phenoxy) is 2. The van der Waals surface area contributed by atoms with E-state index < -0.39 is 28.9 Å². The van der Waals surface area contributed by atoms with Crippen LogP contribution in [0.25, 0.3) is 10.9 Å². The standard InChI is InChI=1S/C36H38F2N4O4/c1-45-33-23-28-30(21-24(33)7-3-6-20-42-18-4-2-5-19-42)39-17-14-31(28)46-32-13-12-27(22-29(32)38)41-35(44)36(15-16-36)34(43)40-26-10-8-25(37)9-11-26/h8-14,17,21-23H,2-7,15-16,18-20H2,1H3,(H,40,43)(H,41,44). The highest BCUT2D eigenvalue weighted by atomic mass is 19.1. The maximum Gasteiger partial charge on any atom is 0.240 e. The van der Waals surface area contributed by atoms with Crippen molar-refractivity contribution >= 4 is 34.1 Å². The van der Waals surface area contributed by atoms with Crippen LogP contribution in [0.15, 0.2) is 66.9 Å². The number of benzene rings is 3. The van der Waals surface area contributed by atoms with Crippen molar-refractivity contribution in [3.8, 4) is 17.2 Å². The molecular weight excluding hydrogens is 590 g/mol. The first-order valence-corrected chi connectivity index (χ1v) is 15.9. The Labute approximate surface area is 267 Å². The Bertz CT molecular complexity index is 1720. The number of carbonyl (C=O) groups excluding carboxylic acids is 2. The van der Waals surface area contributed by atoms with Gasteiger partial charge in [-0.2, -0.15) is 0 Å². The van der Waals surface area contributed by atoms with Gasteiger partial charge in [-0.1, -0.05) is 6.42 Å². The summed E-state index contributed by atoms with van der Waals surface area (Å²) in [5.74, 6) is -1.000. The fourth-order valence-corrected chi connectivity index (χ4v) is 6.00. The van der Waals surface area contributed by atoms with Gasteiger partial charge in [-0.15, -0.1) is 0 Å². The molecule has 1 saturated carbocycles.